The molecule has 0 spiro atoms. The Kier molecular flexibility index (Phi) is 2.56. The van der Waals surface area contributed by atoms with Gasteiger partial charge in [0.25, 0.3) is 11.7 Å². The topological polar surface area (TPSA) is 37.4 Å². The fourth-order valence-corrected chi connectivity index (χ4v) is 1.71. The Morgan fingerprint density at radius 3 is 2.81 bits per heavy atom. The van der Waals surface area contributed by atoms with E-state index in [1.54, 1.807) is 6.08 Å². The zero-order chi connectivity index (χ0) is 11.7. The van der Waals surface area contributed by atoms with Crippen LogP contribution in [0.15, 0.2) is 30.9 Å². The van der Waals surface area contributed by atoms with Crippen molar-refractivity contribution >= 4 is 17.4 Å². The molecular formula is C12H10FNO2. The van der Waals surface area contributed by atoms with Crippen LogP contribution in [-0.4, -0.2) is 18.2 Å². The van der Waals surface area contributed by atoms with Crippen LogP contribution in [-0.2, 0) is 4.79 Å². The molecule has 0 fully saturated rings. The van der Waals surface area contributed by atoms with Crippen molar-refractivity contribution in [3.8, 4) is 0 Å². The van der Waals surface area contributed by atoms with Crippen LogP contribution < -0.4 is 4.90 Å². The number of nitrogens with zero attached hydrogens (tertiary/aromatic N) is 1. The van der Waals surface area contributed by atoms with Crippen LogP contribution in [0.1, 0.15) is 16.8 Å². The molecule has 0 N–H and O–H groups in total. The van der Waals surface area contributed by atoms with Gasteiger partial charge in [-0.05, 0) is 24.6 Å². The third-order valence-electron chi connectivity index (χ3n) is 2.49. The number of fused-ring (bicyclic) bond motifs is 1. The Bertz CT molecular complexity index is 482. The number of hydrogen-bond donors (Lipinski definition) is 0. The van der Waals surface area contributed by atoms with Crippen LogP contribution in [0.5, 0.6) is 0 Å². The molecule has 0 bridgehead atoms. The van der Waals surface area contributed by atoms with Crippen molar-refractivity contribution in [3.05, 3.63) is 42.2 Å². The molecule has 0 saturated carbocycles. The Morgan fingerprint density at radius 1 is 1.38 bits per heavy atom. The number of anilines is 1. The minimum absolute atomic E-state index is 0.274. The molecule has 4 heteroatoms. The number of benzene rings is 1. The third kappa shape index (κ3) is 1.52. The lowest BCUT2D eigenvalue weighted by atomic mass is 10.1. The van der Waals surface area contributed by atoms with Crippen molar-refractivity contribution < 1.29 is 14.0 Å². The molecule has 0 unspecified atom stereocenters. The molecule has 1 aromatic carbocycles. The van der Waals surface area contributed by atoms with Gasteiger partial charge >= 0.3 is 0 Å². The van der Waals surface area contributed by atoms with Gasteiger partial charge < -0.3 is 4.90 Å². The number of Topliss-reactive ketones (excluding diaryl/α,β-unsaturated/α-hetero) is 1. The summed E-state index contributed by atoms with van der Waals surface area (Å²) in [5.74, 6) is -1.62. The number of rotatable bonds is 3. The molecule has 1 heterocycles. The first-order valence-corrected chi connectivity index (χ1v) is 4.92. The largest absolute Gasteiger partial charge is 0.304 e. The number of amides is 1. The maximum Gasteiger partial charge on any atom is 0.299 e. The summed E-state index contributed by atoms with van der Waals surface area (Å²) in [7, 11) is 0. The van der Waals surface area contributed by atoms with Crippen LogP contribution in [0, 0.1) is 5.82 Å². The summed E-state index contributed by atoms with van der Waals surface area (Å²) in [6.07, 6.45) is 2.21. The van der Waals surface area contributed by atoms with E-state index in [1.807, 2.05) is 0 Å². The lowest BCUT2D eigenvalue weighted by Gasteiger charge is -2.14. The fraction of sp³-hybridized carbons (Fsp3) is 0.167. The normalized spacial score (nSPS) is 14.2. The Labute approximate surface area is 92.2 Å². The highest BCUT2D eigenvalue weighted by Gasteiger charge is 2.35. The standard InChI is InChI=1S/C12H10FNO2/c1-2-3-6-14-10-7-8(13)4-5-9(10)11(15)12(14)16/h2,4-5,7H,1,3,6H2. The van der Waals surface area contributed by atoms with Crippen LogP contribution in [0.4, 0.5) is 10.1 Å². The average Bonchev–Trinajstić information content (AvgIpc) is 2.50. The highest BCUT2D eigenvalue weighted by Crippen LogP contribution is 2.29. The van der Waals surface area contributed by atoms with E-state index < -0.39 is 17.5 Å². The second-order valence-corrected chi connectivity index (χ2v) is 3.52. The highest BCUT2D eigenvalue weighted by molar-refractivity contribution is 6.52. The van der Waals surface area contributed by atoms with Crippen LogP contribution in [0.25, 0.3) is 0 Å². The lowest BCUT2D eigenvalue weighted by molar-refractivity contribution is -0.114. The van der Waals surface area contributed by atoms with E-state index in [1.165, 1.54) is 23.1 Å². The summed E-state index contributed by atoms with van der Waals surface area (Å²) in [5.41, 5.74) is 0.632. The van der Waals surface area contributed by atoms with Crippen molar-refractivity contribution in [2.24, 2.45) is 0 Å². The van der Waals surface area contributed by atoms with Gasteiger partial charge in [0.05, 0.1) is 11.3 Å². The van der Waals surface area contributed by atoms with Crippen molar-refractivity contribution in [1.29, 1.82) is 0 Å². The van der Waals surface area contributed by atoms with Crippen molar-refractivity contribution in [2.75, 3.05) is 11.4 Å². The van der Waals surface area contributed by atoms with Crippen molar-refractivity contribution in [2.45, 2.75) is 6.42 Å². The van der Waals surface area contributed by atoms with Gasteiger partial charge in [-0.25, -0.2) is 4.39 Å². The molecule has 82 valence electrons. The Hall–Kier alpha value is -1.97. The number of hydrogen-bond acceptors (Lipinski definition) is 2. The van der Waals surface area contributed by atoms with Gasteiger partial charge in [0.2, 0.25) is 0 Å². The van der Waals surface area contributed by atoms with Gasteiger partial charge in [0, 0.05) is 6.54 Å². The summed E-state index contributed by atoms with van der Waals surface area (Å²) in [4.78, 5) is 24.4. The molecule has 1 aromatic rings. The highest BCUT2D eigenvalue weighted by atomic mass is 19.1. The summed E-state index contributed by atoms with van der Waals surface area (Å²) >= 11 is 0. The van der Waals surface area contributed by atoms with E-state index in [2.05, 4.69) is 6.58 Å². The van der Waals surface area contributed by atoms with Crippen LogP contribution in [0.3, 0.4) is 0 Å². The quantitative estimate of drug-likeness (QED) is 0.575. The summed E-state index contributed by atoms with van der Waals surface area (Å²) in [6.45, 7) is 3.89. The second-order valence-electron chi connectivity index (χ2n) is 3.52. The van der Waals surface area contributed by atoms with E-state index in [0.717, 1.165) is 0 Å². The van der Waals surface area contributed by atoms with Crippen molar-refractivity contribution in [1.82, 2.24) is 0 Å². The number of carbonyl (C=O) groups is 2. The molecule has 0 atom stereocenters. The predicted octanol–water partition coefficient (Wildman–Crippen LogP) is 1.93. The second kappa shape index (κ2) is 3.89. The van der Waals surface area contributed by atoms with E-state index in [4.69, 9.17) is 0 Å². The molecule has 1 aliphatic heterocycles. The van der Waals surface area contributed by atoms with Gasteiger partial charge in [-0.1, -0.05) is 6.08 Å². The molecule has 3 nitrogen and oxygen atoms in total. The number of ketones is 1. The first-order valence-electron chi connectivity index (χ1n) is 4.92. The molecule has 1 aliphatic rings. The van der Waals surface area contributed by atoms with Gasteiger partial charge in [0.1, 0.15) is 5.82 Å². The monoisotopic (exact) mass is 219 g/mol. The zero-order valence-electron chi connectivity index (χ0n) is 8.57. The minimum atomic E-state index is -0.595. The van der Waals surface area contributed by atoms with Gasteiger partial charge in [-0.3, -0.25) is 9.59 Å². The minimum Gasteiger partial charge on any atom is -0.304 e. The molecule has 0 radical (unpaired) electrons. The average molecular weight is 219 g/mol. The summed E-state index contributed by atoms with van der Waals surface area (Å²) < 4.78 is 13.0. The van der Waals surface area contributed by atoms with E-state index >= 15 is 0 Å². The summed E-state index contributed by atoms with van der Waals surface area (Å²) in [5, 5.41) is 0. The van der Waals surface area contributed by atoms with Crippen LogP contribution >= 0.6 is 0 Å². The van der Waals surface area contributed by atoms with E-state index in [-0.39, 0.29) is 5.56 Å². The maximum atomic E-state index is 13.0. The SMILES string of the molecule is C=CCCN1C(=O)C(=O)c2ccc(F)cc21. The van der Waals surface area contributed by atoms with Crippen molar-refractivity contribution in [3.63, 3.8) is 0 Å². The number of halogens is 1. The first kappa shape index (κ1) is 10.5. The molecule has 0 aliphatic carbocycles. The first-order chi connectivity index (χ1) is 7.65. The van der Waals surface area contributed by atoms with Gasteiger partial charge in [0.15, 0.2) is 0 Å². The Morgan fingerprint density at radius 2 is 2.12 bits per heavy atom. The van der Waals surface area contributed by atoms with E-state index in [0.29, 0.717) is 18.7 Å². The smallest absolute Gasteiger partial charge is 0.299 e. The Balaban J connectivity index is 2.42. The number of carbonyl (C=O) groups excluding carboxylic acids is 2. The lowest BCUT2D eigenvalue weighted by Crippen LogP contribution is -2.30. The molecule has 16 heavy (non-hydrogen) atoms. The fourth-order valence-electron chi connectivity index (χ4n) is 1.71. The molecular weight excluding hydrogens is 209 g/mol. The van der Waals surface area contributed by atoms with E-state index in [9.17, 15) is 14.0 Å². The maximum absolute atomic E-state index is 13.0. The molecule has 1 amide bonds. The third-order valence-corrected chi connectivity index (χ3v) is 2.49. The van der Waals surface area contributed by atoms with Crippen LogP contribution in [0.2, 0.25) is 0 Å². The molecule has 2 rings (SSSR count). The molecule has 0 aromatic heterocycles. The predicted molar refractivity (Wildman–Crippen MR) is 57.9 cm³/mol. The summed E-state index contributed by atoms with van der Waals surface area (Å²) in [6, 6.07) is 3.74. The van der Waals surface area contributed by atoms with Gasteiger partial charge in [-0.2, -0.15) is 0 Å². The zero-order valence-corrected chi connectivity index (χ0v) is 8.57. The molecule has 0 saturated heterocycles. The van der Waals surface area contributed by atoms with Gasteiger partial charge in [-0.15, -0.1) is 6.58 Å².